The minimum Gasteiger partial charge on any atom is -0.339 e. The van der Waals surface area contributed by atoms with E-state index in [0.29, 0.717) is 31.9 Å². The van der Waals surface area contributed by atoms with Crippen LogP contribution >= 0.6 is 0 Å². The molecule has 1 aliphatic carbocycles. The maximum absolute atomic E-state index is 13.1. The van der Waals surface area contributed by atoms with Crippen molar-refractivity contribution >= 4 is 11.8 Å². The molecular weight excluding hydrogens is 407 g/mol. The summed E-state index contributed by atoms with van der Waals surface area (Å²) in [6.07, 6.45) is 0.806. The molecule has 0 unspecified atom stereocenters. The fourth-order valence-corrected chi connectivity index (χ4v) is 4.49. The first-order valence-electron chi connectivity index (χ1n) is 10.9. The molecular formula is C25H25FN4O2. The summed E-state index contributed by atoms with van der Waals surface area (Å²) in [4.78, 5) is 29.6. The summed E-state index contributed by atoms with van der Waals surface area (Å²) < 4.78 is 14.8. The van der Waals surface area contributed by atoms with Gasteiger partial charge in [0.15, 0.2) is 0 Å². The van der Waals surface area contributed by atoms with Crippen molar-refractivity contribution in [2.45, 2.75) is 12.3 Å². The summed E-state index contributed by atoms with van der Waals surface area (Å²) in [5.74, 6) is -0.0487. The van der Waals surface area contributed by atoms with Crippen LogP contribution in [0.5, 0.6) is 0 Å². The van der Waals surface area contributed by atoms with Crippen molar-refractivity contribution in [2.75, 3.05) is 26.2 Å². The average molecular weight is 432 g/mol. The molecule has 2 atom stereocenters. The van der Waals surface area contributed by atoms with E-state index in [4.69, 9.17) is 0 Å². The van der Waals surface area contributed by atoms with Gasteiger partial charge in [-0.25, -0.2) is 4.39 Å². The SMILES string of the molecule is Cn1nc(-c2ccccc2)cc1C(=O)N1CCN(C(=O)[C@@H]2C[C@H]2c2ccc(F)cc2)CC1. The van der Waals surface area contributed by atoms with Crippen LogP contribution in [0.15, 0.2) is 60.7 Å². The predicted octanol–water partition coefficient (Wildman–Crippen LogP) is 3.31. The fourth-order valence-electron chi connectivity index (χ4n) is 4.49. The van der Waals surface area contributed by atoms with Crippen LogP contribution in [-0.2, 0) is 11.8 Å². The number of carbonyl (C=O) groups is 2. The Bertz CT molecular complexity index is 1130. The molecule has 2 amide bonds. The number of amides is 2. The Labute approximate surface area is 186 Å². The number of hydrogen-bond donors (Lipinski definition) is 0. The molecule has 32 heavy (non-hydrogen) atoms. The molecule has 6 nitrogen and oxygen atoms in total. The molecule has 164 valence electrons. The van der Waals surface area contributed by atoms with Gasteiger partial charge in [0.05, 0.1) is 5.69 Å². The molecule has 1 aromatic heterocycles. The summed E-state index contributed by atoms with van der Waals surface area (Å²) >= 11 is 0. The molecule has 2 fully saturated rings. The normalized spacial score (nSPS) is 20.3. The molecule has 2 aromatic carbocycles. The van der Waals surface area contributed by atoms with Crippen LogP contribution in [-0.4, -0.2) is 57.6 Å². The van der Waals surface area contributed by atoms with Crippen molar-refractivity contribution in [3.8, 4) is 11.3 Å². The van der Waals surface area contributed by atoms with E-state index in [9.17, 15) is 14.0 Å². The molecule has 1 aliphatic heterocycles. The lowest BCUT2D eigenvalue weighted by atomic mass is 10.1. The second-order valence-corrected chi connectivity index (χ2v) is 8.52. The van der Waals surface area contributed by atoms with Gasteiger partial charge in [-0.3, -0.25) is 14.3 Å². The molecule has 0 spiro atoms. The fraction of sp³-hybridized carbons (Fsp3) is 0.320. The van der Waals surface area contributed by atoms with Gasteiger partial charge in [0.2, 0.25) is 5.91 Å². The lowest BCUT2D eigenvalue weighted by Gasteiger charge is -2.35. The Kier molecular flexibility index (Phi) is 5.25. The zero-order chi connectivity index (χ0) is 22.2. The Morgan fingerprint density at radius 1 is 0.938 bits per heavy atom. The number of benzene rings is 2. The van der Waals surface area contributed by atoms with E-state index in [1.165, 1.54) is 12.1 Å². The van der Waals surface area contributed by atoms with Crippen LogP contribution in [0, 0.1) is 11.7 Å². The summed E-state index contributed by atoms with van der Waals surface area (Å²) in [5.41, 5.74) is 3.30. The summed E-state index contributed by atoms with van der Waals surface area (Å²) in [5, 5.41) is 4.50. The van der Waals surface area contributed by atoms with E-state index in [1.54, 1.807) is 28.8 Å². The lowest BCUT2D eigenvalue weighted by Crippen LogP contribution is -2.51. The maximum atomic E-state index is 13.1. The summed E-state index contributed by atoms with van der Waals surface area (Å²) in [6.45, 7) is 2.07. The van der Waals surface area contributed by atoms with Gasteiger partial charge in [0.1, 0.15) is 11.5 Å². The van der Waals surface area contributed by atoms with Crippen LogP contribution in [0.2, 0.25) is 0 Å². The van der Waals surface area contributed by atoms with Crippen molar-refractivity contribution in [1.82, 2.24) is 19.6 Å². The Balaban J connectivity index is 1.19. The largest absolute Gasteiger partial charge is 0.339 e. The minimum atomic E-state index is -0.262. The smallest absolute Gasteiger partial charge is 0.272 e. The van der Waals surface area contributed by atoms with E-state index in [1.807, 2.05) is 41.3 Å². The highest BCUT2D eigenvalue weighted by Crippen LogP contribution is 2.48. The number of carbonyl (C=O) groups excluding carboxylic acids is 2. The number of hydrogen-bond acceptors (Lipinski definition) is 3. The molecule has 1 saturated heterocycles. The topological polar surface area (TPSA) is 58.4 Å². The van der Waals surface area contributed by atoms with Crippen LogP contribution in [0.3, 0.4) is 0 Å². The van der Waals surface area contributed by atoms with Gasteiger partial charge < -0.3 is 9.80 Å². The maximum Gasteiger partial charge on any atom is 0.272 e. The highest BCUT2D eigenvalue weighted by Gasteiger charge is 2.46. The summed E-state index contributed by atoms with van der Waals surface area (Å²) in [6, 6.07) is 18.0. The summed E-state index contributed by atoms with van der Waals surface area (Å²) in [7, 11) is 1.78. The van der Waals surface area contributed by atoms with E-state index < -0.39 is 0 Å². The quantitative estimate of drug-likeness (QED) is 0.636. The standard InChI is InChI=1S/C25H25FN4O2/c1-28-23(16-22(27-28)18-5-3-2-4-6-18)25(32)30-13-11-29(12-14-30)24(31)21-15-20(21)17-7-9-19(26)10-8-17/h2-10,16,20-21H,11-15H2,1H3/t20-,21+/m0/s1. The van der Waals surface area contributed by atoms with Crippen LogP contribution in [0.1, 0.15) is 28.4 Å². The number of halogens is 1. The molecule has 0 bridgehead atoms. The highest BCUT2D eigenvalue weighted by atomic mass is 19.1. The van der Waals surface area contributed by atoms with Crippen molar-refractivity contribution in [3.05, 3.63) is 77.7 Å². The first kappa shape index (κ1) is 20.4. The van der Waals surface area contributed by atoms with Gasteiger partial charge in [-0.05, 0) is 36.1 Å². The third-order valence-corrected chi connectivity index (χ3v) is 6.45. The van der Waals surface area contributed by atoms with Gasteiger partial charge >= 0.3 is 0 Å². The second kappa shape index (κ2) is 8.22. The van der Waals surface area contributed by atoms with Crippen molar-refractivity contribution in [1.29, 1.82) is 0 Å². The number of rotatable bonds is 4. The molecule has 7 heteroatoms. The molecule has 0 radical (unpaired) electrons. The molecule has 1 saturated carbocycles. The van der Waals surface area contributed by atoms with E-state index in [-0.39, 0.29) is 29.5 Å². The second-order valence-electron chi connectivity index (χ2n) is 8.52. The zero-order valence-electron chi connectivity index (χ0n) is 17.9. The zero-order valence-corrected chi connectivity index (χ0v) is 17.9. The van der Waals surface area contributed by atoms with E-state index in [0.717, 1.165) is 23.2 Å². The van der Waals surface area contributed by atoms with Crippen LogP contribution < -0.4 is 0 Å². The van der Waals surface area contributed by atoms with Crippen molar-refractivity contribution < 1.29 is 14.0 Å². The van der Waals surface area contributed by atoms with Crippen LogP contribution in [0.25, 0.3) is 11.3 Å². The molecule has 0 N–H and O–H groups in total. The van der Waals surface area contributed by atoms with E-state index in [2.05, 4.69) is 5.10 Å². The predicted molar refractivity (Wildman–Crippen MR) is 118 cm³/mol. The number of nitrogens with zero attached hydrogens (tertiary/aromatic N) is 4. The van der Waals surface area contributed by atoms with Crippen molar-refractivity contribution in [2.24, 2.45) is 13.0 Å². The van der Waals surface area contributed by atoms with Gasteiger partial charge in [0.25, 0.3) is 5.91 Å². The molecule has 2 heterocycles. The first-order chi connectivity index (χ1) is 15.5. The van der Waals surface area contributed by atoms with Gasteiger partial charge in [-0.15, -0.1) is 0 Å². The number of aromatic nitrogens is 2. The Morgan fingerprint density at radius 3 is 2.28 bits per heavy atom. The van der Waals surface area contributed by atoms with E-state index >= 15 is 0 Å². The number of aryl methyl sites for hydroxylation is 1. The van der Waals surface area contributed by atoms with Gasteiger partial charge in [0, 0.05) is 44.7 Å². The van der Waals surface area contributed by atoms with Gasteiger partial charge in [-0.1, -0.05) is 42.5 Å². The van der Waals surface area contributed by atoms with Crippen LogP contribution in [0.4, 0.5) is 4.39 Å². The monoisotopic (exact) mass is 432 g/mol. The Hall–Kier alpha value is -3.48. The minimum absolute atomic E-state index is 0.0341. The average Bonchev–Trinajstić information content (AvgIpc) is 3.53. The molecule has 3 aromatic rings. The first-order valence-corrected chi connectivity index (χ1v) is 10.9. The van der Waals surface area contributed by atoms with Gasteiger partial charge in [-0.2, -0.15) is 5.10 Å². The molecule has 5 rings (SSSR count). The third-order valence-electron chi connectivity index (χ3n) is 6.45. The highest BCUT2D eigenvalue weighted by molar-refractivity contribution is 5.94. The number of piperazine rings is 1. The van der Waals surface area contributed by atoms with Crippen molar-refractivity contribution in [3.63, 3.8) is 0 Å². The Morgan fingerprint density at radius 2 is 1.59 bits per heavy atom. The molecule has 2 aliphatic rings. The third kappa shape index (κ3) is 3.90. The lowest BCUT2D eigenvalue weighted by molar-refractivity contribution is -0.134.